The highest BCUT2D eigenvalue weighted by Gasteiger charge is 2.38. The summed E-state index contributed by atoms with van der Waals surface area (Å²) in [7, 11) is 4.66. The Bertz CT molecular complexity index is 1420. The van der Waals surface area contributed by atoms with Crippen LogP contribution in [0.4, 0.5) is 0 Å². The molecule has 0 fully saturated rings. The van der Waals surface area contributed by atoms with Gasteiger partial charge < -0.3 is 38.7 Å². The molecule has 1 aliphatic rings. The van der Waals surface area contributed by atoms with Crippen molar-refractivity contribution < 1.29 is 38.7 Å². The quantitative estimate of drug-likeness (QED) is 0.292. The Morgan fingerprint density at radius 1 is 0.865 bits per heavy atom. The molecule has 0 bridgehead atoms. The van der Waals surface area contributed by atoms with Gasteiger partial charge in [-0.1, -0.05) is 6.07 Å². The van der Waals surface area contributed by atoms with Crippen LogP contribution in [0.15, 0.2) is 52.9 Å². The first kappa shape index (κ1) is 24.8. The molecular weight excluding hydrogens is 476 g/mol. The minimum Gasteiger partial charge on any atom is -0.504 e. The number of aromatic hydroxyl groups is 1. The predicted molar refractivity (Wildman–Crippen MR) is 138 cm³/mol. The molecule has 0 amide bonds. The summed E-state index contributed by atoms with van der Waals surface area (Å²) in [6.45, 7) is -0.0342. The van der Waals surface area contributed by atoms with Gasteiger partial charge in [0.15, 0.2) is 34.3 Å². The first-order valence-corrected chi connectivity index (χ1v) is 12.1. The number of fused-ring (bicyclic) bond motifs is 2. The van der Waals surface area contributed by atoms with Crippen LogP contribution in [-0.2, 0) is 6.42 Å². The third-order valence-corrected chi connectivity index (χ3v) is 6.81. The summed E-state index contributed by atoms with van der Waals surface area (Å²) in [6.07, 6.45) is 0.899. The fourth-order valence-electron chi connectivity index (χ4n) is 4.96. The molecule has 4 aromatic rings. The minimum absolute atomic E-state index is 0.0296. The number of aliphatic hydroxyl groups is 2. The van der Waals surface area contributed by atoms with E-state index in [0.29, 0.717) is 40.8 Å². The molecular formula is C29H30O8. The third kappa shape index (κ3) is 4.43. The monoisotopic (exact) mass is 506 g/mol. The van der Waals surface area contributed by atoms with Crippen molar-refractivity contribution in [2.75, 3.05) is 34.5 Å². The maximum Gasteiger partial charge on any atom is 0.176 e. The molecule has 0 unspecified atom stereocenters. The molecule has 0 saturated heterocycles. The summed E-state index contributed by atoms with van der Waals surface area (Å²) in [6, 6.07) is 14.7. The molecule has 8 heteroatoms. The Labute approximate surface area is 214 Å². The SMILES string of the molecule is COc1cc([C@H]2Oc3c(OC)cc(-c4cc5cc(CCCO)cc(OC)c5o4)cc3[C@@H]2CO)ccc1O. The fraction of sp³-hybridized carbons (Fsp3) is 0.310. The Kier molecular flexibility index (Phi) is 6.86. The predicted octanol–water partition coefficient (Wildman–Crippen LogP) is 4.97. The number of aryl methyl sites for hydroxylation is 1. The second kappa shape index (κ2) is 10.2. The molecule has 1 aromatic heterocycles. The molecule has 0 spiro atoms. The second-order valence-electron chi connectivity index (χ2n) is 9.01. The van der Waals surface area contributed by atoms with Crippen LogP contribution < -0.4 is 18.9 Å². The average molecular weight is 507 g/mol. The lowest BCUT2D eigenvalue weighted by Gasteiger charge is -2.18. The summed E-state index contributed by atoms with van der Waals surface area (Å²) in [5, 5.41) is 30.5. The summed E-state index contributed by atoms with van der Waals surface area (Å²) in [5.74, 6) is 2.32. The van der Waals surface area contributed by atoms with Gasteiger partial charge in [-0.25, -0.2) is 0 Å². The maximum absolute atomic E-state index is 10.4. The van der Waals surface area contributed by atoms with Gasteiger partial charge in [-0.2, -0.15) is 0 Å². The number of phenolic OH excluding ortho intramolecular Hbond substituents is 1. The number of rotatable bonds is 9. The van der Waals surface area contributed by atoms with Gasteiger partial charge in [-0.15, -0.1) is 0 Å². The van der Waals surface area contributed by atoms with Crippen LogP contribution in [0.25, 0.3) is 22.3 Å². The van der Waals surface area contributed by atoms with Crippen molar-refractivity contribution >= 4 is 11.0 Å². The summed E-state index contributed by atoms with van der Waals surface area (Å²) in [5.41, 5.74) is 4.02. The van der Waals surface area contributed by atoms with Crippen molar-refractivity contribution in [2.45, 2.75) is 24.9 Å². The van der Waals surface area contributed by atoms with Crippen LogP contribution in [0.2, 0.25) is 0 Å². The van der Waals surface area contributed by atoms with Crippen LogP contribution in [0.3, 0.4) is 0 Å². The fourth-order valence-corrected chi connectivity index (χ4v) is 4.96. The van der Waals surface area contributed by atoms with Crippen molar-refractivity contribution in [3.63, 3.8) is 0 Å². The number of hydrogen-bond donors (Lipinski definition) is 3. The Morgan fingerprint density at radius 3 is 2.35 bits per heavy atom. The summed E-state index contributed by atoms with van der Waals surface area (Å²) in [4.78, 5) is 0. The number of furan rings is 1. The van der Waals surface area contributed by atoms with Gasteiger partial charge >= 0.3 is 0 Å². The maximum atomic E-state index is 10.4. The van der Waals surface area contributed by atoms with E-state index in [1.807, 2.05) is 30.3 Å². The first-order valence-electron chi connectivity index (χ1n) is 12.1. The molecule has 1 aliphatic heterocycles. The molecule has 3 aromatic carbocycles. The number of ether oxygens (including phenoxy) is 4. The van der Waals surface area contributed by atoms with E-state index in [1.54, 1.807) is 32.4 Å². The number of phenols is 1. The van der Waals surface area contributed by atoms with Gasteiger partial charge in [0, 0.05) is 23.1 Å². The molecule has 37 heavy (non-hydrogen) atoms. The largest absolute Gasteiger partial charge is 0.504 e. The molecule has 2 heterocycles. The Balaban J connectivity index is 1.57. The molecule has 5 rings (SSSR count). The van der Waals surface area contributed by atoms with Crippen LogP contribution in [0.5, 0.6) is 28.7 Å². The number of methoxy groups -OCH3 is 3. The zero-order valence-electron chi connectivity index (χ0n) is 21.0. The van der Waals surface area contributed by atoms with E-state index < -0.39 is 6.10 Å². The van der Waals surface area contributed by atoms with E-state index in [9.17, 15) is 15.3 Å². The highest BCUT2D eigenvalue weighted by molar-refractivity contribution is 5.88. The Morgan fingerprint density at radius 2 is 1.65 bits per heavy atom. The molecule has 3 N–H and O–H groups in total. The standard InChI is InChI=1S/C29H30O8/c1-33-24-12-17(6-7-22(24)32)27-21(15-31)20-11-18(13-26(35-3)29(20)37-27)23-14-19-9-16(5-4-8-30)10-25(34-2)28(19)36-23/h6-7,9-14,21,27,30-32H,4-5,8,15H2,1-3H3/t21-,27+/m0/s1. The van der Waals surface area contributed by atoms with Crippen molar-refractivity contribution in [1.82, 2.24) is 0 Å². The molecule has 194 valence electrons. The highest BCUT2D eigenvalue weighted by atomic mass is 16.5. The van der Waals surface area contributed by atoms with E-state index in [-0.39, 0.29) is 24.9 Å². The second-order valence-corrected chi connectivity index (χ2v) is 9.01. The van der Waals surface area contributed by atoms with Gasteiger partial charge in [-0.05, 0) is 66.4 Å². The topological polar surface area (TPSA) is 111 Å². The zero-order chi connectivity index (χ0) is 26.1. The van der Waals surface area contributed by atoms with E-state index >= 15 is 0 Å². The van der Waals surface area contributed by atoms with Crippen LogP contribution in [0.1, 0.15) is 35.1 Å². The summed E-state index contributed by atoms with van der Waals surface area (Å²) < 4.78 is 29.1. The van der Waals surface area contributed by atoms with Crippen molar-refractivity contribution in [2.24, 2.45) is 0 Å². The Hall–Kier alpha value is -3.88. The number of hydrogen-bond acceptors (Lipinski definition) is 8. The summed E-state index contributed by atoms with van der Waals surface area (Å²) >= 11 is 0. The average Bonchev–Trinajstić information content (AvgIpc) is 3.52. The van der Waals surface area contributed by atoms with Crippen molar-refractivity contribution in [1.29, 1.82) is 0 Å². The lowest BCUT2D eigenvalue weighted by molar-refractivity contribution is 0.157. The van der Waals surface area contributed by atoms with Crippen molar-refractivity contribution in [3.8, 4) is 40.1 Å². The van der Waals surface area contributed by atoms with Gasteiger partial charge in [0.25, 0.3) is 0 Å². The lowest BCUT2D eigenvalue weighted by atomic mass is 9.90. The van der Waals surface area contributed by atoms with Crippen LogP contribution >= 0.6 is 0 Å². The van der Waals surface area contributed by atoms with Gasteiger partial charge in [-0.3, -0.25) is 0 Å². The number of aliphatic hydroxyl groups excluding tert-OH is 2. The highest BCUT2D eigenvalue weighted by Crippen LogP contribution is 2.52. The van der Waals surface area contributed by atoms with E-state index in [0.717, 1.165) is 34.1 Å². The molecule has 0 saturated carbocycles. The number of benzene rings is 3. The van der Waals surface area contributed by atoms with E-state index in [2.05, 4.69) is 0 Å². The molecule has 0 aliphatic carbocycles. The molecule has 2 atom stereocenters. The van der Waals surface area contributed by atoms with Crippen LogP contribution in [0, 0.1) is 0 Å². The minimum atomic E-state index is -0.497. The van der Waals surface area contributed by atoms with Gasteiger partial charge in [0.2, 0.25) is 0 Å². The van der Waals surface area contributed by atoms with Crippen molar-refractivity contribution in [3.05, 3.63) is 65.2 Å². The first-order chi connectivity index (χ1) is 18.0. The van der Waals surface area contributed by atoms with Gasteiger partial charge in [0.1, 0.15) is 11.9 Å². The lowest BCUT2D eigenvalue weighted by Crippen LogP contribution is -2.13. The van der Waals surface area contributed by atoms with E-state index in [1.165, 1.54) is 7.11 Å². The molecule has 8 nitrogen and oxygen atoms in total. The van der Waals surface area contributed by atoms with Crippen LogP contribution in [-0.4, -0.2) is 49.9 Å². The van der Waals surface area contributed by atoms with Gasteiger partial charge in [0.05, 0.1) is 33.9 Å². The molecule has 0 radical (unpaired) electrons. The van der Waals surface area contributed by atoms with E-state index in [4.69, 9.17) is 23.4 Å². The smallest absolute Gasteiger partial charge is 0.176 e. The normalized spacial score (nSPS) is 16.5. The zero-order valence-corrected chi connectivity index (χ0v) is 21.0. The third-order valence-electron chi connectivity index (χ3n) is 6.81.